The van der Waals surface area contributed by atoms with Crippen LogP contribution in [0.2, 0.25) is 0 Å². The van der Waals surface area contributed by atoms with E-state index in [0.29, 0.717) is 29.1 Å². The zero-order valence-corrected chi connectivity index (χ0v) is 19.1. The van der Waals surface area contributed by atoms with E-state index in [1.165, 1.54) is 16.7 Å². The van der Waals surface area contributed by atoms with Crippen LogP contribution in [0.5, 0.6) is 0 Å². The smallest absolute Gasteiger partial charge is 0.254 e. The van der Waals surface area contributed by atoms with E-state index in [9.17, 15) is 17.8 Å². The van der Waals surface area contributed by atoms with Gasteiger partial charge in [-0.2, -0.15) is 0 Å². The van der Waals surface area contributed by atoms with Gasteiger partial charge in [-0.05, 0) is 56.5 Å². The normalized spacial score (nSPS) is 18.3. The fourth-order valence-corrected chi connectivity index (χ4v) is 5.28. The summed E-state index contributed by atoms with van der Waals surface area (Å²) in [4.78, 5) is 12.6. The first kappa shape index (κ1) is 22.2. The standard InChI is InChI=1S/C24H25F2N3O2S/c1-13-5-8-20(14(2)9-13)27-23-21(10-15(3)24(30)29(23)4)28-32(31)22-12-18(22)17-7-6-16(25)11-19(17)26/h5-11,18,22,27-28H,12H2,1-4H3. The van der Waals surface area contributed by atoms with Crippen LogP contribution >= 0.6 is 0 Å². The van der Waals surface area contributed by atoms with Crippen molar-refractivity contribution >= 4 is 28.2 Å². The molecule has 0 radical (unpaired) electrons. The third kappa shape index (κ3) is 4.32. The number of nitrogens with one attached hydrogen (secondary N) is 2. The maximum atomic E-state index is 14.1. The van der Waals surface area contributed by atoms with Gasteiger partial charge in [-0.15, -0.1) is 0 Å². The van der Waals surface area contributed by atoms with Crippen LogP contribution in [-0.4, -0.2) is 14.0 Å². The Labute approximate surface area is 188 Å². The lowest BCUT2D eigenvalue weighted by Crippen LogP contribution is -2.24. The minimum atomic E-state index is -1.52. The molecule has 1 aliphatic rings. The molecule has 1 fully saturated rings. The zero-order valence-electron chi connectivity index (χ0n) is 18.3. The Bertz CT molecular complexity index is 1290. The van der Waals surface area contributed by atoms with Crippen molar-refractivity contribution in [3.8, 4) is 0 Å². The number of aromatic nitrogens is 1. The van der Waals surface area contributed by atoms with Crippen LogP contribution in [-0.2, 0) is 18.0 Å². The Morgan fingerprint density at radius 2 is 1.75 bits per heavy atom. The molecule has 3 atom stereocenters. The van der Waals surface area contributed by atoms with Crippen molar-refractivity contribution in [2.75, 3.05) is 10.0 Å². The molecule has 4 rings (SSSR count). The fourth-order valence-electron chi connectivity index (χ4n) is 3.93. The lowest BCUT2D eigenvalue weighted by atomic mass is 10.1. The number of pyridine rings is 1. The summed E-state index contributed by atoms with van der Waals surface area (Å²) in [5, 5.41) is 2.99. The summed E-state index contributed by atoms with van der Waals surface area (Å²) in [5.74, 6) is -1.01. The molecule has 5 nitrogen and oxygen atoms in total. The molecule has 32 heavy (non-hydrogen) atoms. The van der Waals surface area contributed by atoms with Gasteiger partial charge in [0.15, 0.2) is 0 Å². The molecule has 2 aromatic carbocycles. The number of hydrogen-bond donors (Lipinski definition) is 2. The highest BCUT2D eigenvalue weighted by Gasteiger charge is 2.45. The third-order valence-corrected chi connectivity index (χ3v) is 7.30. The average molecular weight is 458 g/mol. The van der Waals surface area contributed by atoms with Crippen molar-refractivity contribution < 1.29 is 13.0 Å². The highest BCUT2D eigenvalue weighted by Crippen LogP contribution is 2.46. The van der Waals surface area contributed by atoms with Gasteiger partial charge in [-0.3, -0.25) is 9.36 Å². The van der Waals surface area contributed by atoms with Crippen molar-refractivity contribution in [2.24, 2.45) is 7.05 Å². The van der Waals surface area contributed by atoms with Gasteiger partial charge in [0.25, 0.3) is 5.56 Å². The minimum absolute atomic E-state index is 0.161. The fraction of sp³-hybridized carbons (Fsp3) is 0.292. The number of aryl methyl sites for hydroxylation is 3. The minimum Gasteiger partial charge on any atom is -0.340 e. The van der Waals surface area contributed by atoms with Crippen molar-refractivity contribution in [3.05, 3.63) is 86.7 Å². The topological polar surface area (TPSA) is 63.1 Å². The van der Waals surface area contributed by atoms with Gasteiger partial charge >= 0.3 is 0 Å². The van der Waals surface area contributed by atoms with Gasteiger partial charge in [-0.1, -0.05) is 23.8 Å². The molecule has 168 valence electrons. The summed E-state index contributed by atoms with van der Waals surface area (Å²) in [6.07, 6.45) is 0.534. The second-order valence-corrected chi connectivity index (χ2v) is 9.75. The third-order valence-electron chi connectivity index (χ3n) is 5.81. The Kier molecular flexibility index (Phi) is 5.90. The summed E-state index contributed by atoms with van der Waals surface area (Å²) in [6.45, 7) is 5.68. The van der Waals surface area contributed by atoms with E-state index >= 15 is 0 Å². The van der Waals surface area contributed by atoms with Crippen LogP contribution in [0.15, 0.2) is 47.3 Å². The van der Waals surface area contributed by atoms with E-state index in [1.54, 1.807) is 20.0 Å². The molecule has 3 aromatic rings. The summed E-state index contributed by atoms with van der Waals surface area (Å²) >= 11 is 0. The van der Waals surface area contributed by atoms with E-state index in [-0.39, 0.29) is 16.7 Å². The second-order valence-electron chi connectivity index (χ2n) is 8.34. The van der Waals surface area contributed by atoms with E-state index in [1.807, 2.05) is 32.0 Å². The van der Waals surface area contributed by atoms with Crippen molar-refractivity contribution in [2.45, 2.75) is 38.4 Å². The van der Waals surface area contributed by atoms with Crippen molar-refractivity contribution in [1.29, 1.82) is 0 Å². The Morgan fingerprint density at radius 3 is 2.44 bits per heavy atom. The number of nitrogens with zero attached hydrogens (tertiary/aromatic N) is 1. The molecule has 0 saturated heterocycles. The van der Waals surface area contributed by atoms with Crippen molar-refractivity contribution in [3.63, 3.8) is 0 Å². The highest BCUT2D eigenvalue weighted by atomic mass is 32.2. The molecule has 2 N–H and O–H groups in total. The van der Waals surface area contributed by atoms with Gasteiger partial charge in [-0.25, -0.2) is 13.0 Å². The SMILES string of the molecule is Cc1ccc(Nc2c(NS(=O)C3CC3c3ccc(F)cc3F)cc(C)c(=O)n2C)c(C)c1. The van der Waals surface area contributed by atoms with E-state index in [2.05, 4.69) is 10.0 Å². The van der Waals surface area contributed by atoms with E-state index < -0.39 is 22.6 Å². The Hall–Kier alpha value is -3.00. The molecule has 1 saturated carbocycles. The largest absolute Gasteiger partial charge is 0.340 e. The number of hydrogen-bond acceptors (Lipinski definition) is 3. The second kappa shape index (κ2) is 8.50. The molecule has 8 heteroatoms. The summed E-state index contributed by atoms with van der Waals surface area (Å²) < 4.78 is 44.9. The molecule has 3 unspecified atom stereocenters. The number of anilines is 3. The Morgan fingerprint density at radius 1 is 1.00 bits per heavy atom. The average Bonchev–Trinajstić information content (AvgIpc) is 3.51. The number of halogens is 2. The molecule has 1 aliphatic carbocycles. The number of rotatable bonds is 6. The molecule has 1 heterocycles. The van der Waals surface area contributed by atoms with Gasteiger partial charge in [0.1, 0.15) is 28.4 Å². The molecule has 0 amide bonds. The first-order valence-electron chi connectivity index (χ1n) is 10.3. The summed E-state index contributed by atoms with van der Waals surface area (Å²) in [5.41, 5.74) is 4.21. The van der Waals surface area contributed by atoms with Gasteiger partial charge < -0.3 is 10.0 Å². The molecular formula is C24H25F2N3O2S. The van der Waals surface area contributed by atoms with Crippen LogP contribution in [0.3, 0.4) is 0 Å². The van der Waals surface area contributed by atoms with Crippen LogP contribution in [0.25, 0.3) is 0 Å². The monoisotopic (exact) mass is 457 g/mol. The van der Waals surface area contributed by atoms with Crippen LogP contribution in [0.1, 0.15) is 34.6 Å². The van der Waals surface area contributed by atoms with Gasteiger partial charge in [0, 0.05) is 30.3 Å². The molecular weight excluding hydrogens is 432 g/mol. The van der Waals surface area contributed by atoms with Crippen LogP contribution < -0.4 is 15.6 Å². The molecule has 0 aliphatic heterocycles. The predicted molar refractivity (Wildman–Crippen MR) is 125 cm³/mol. The first-order valence-corrected chi connectivity index (χ1v) is 11.5. The Balaban J connectivity index is 1.61. The lowest BCUT2D eigenvalue weighted by Gasteiger charge is -2.19. The maximum Gasteiger partial charge on any atom is 0.254 e. The quantitative estimate of drug-likeness (QED) is 0.550. The van der Waals surface area contributed by atoms with Gasteiger partial charge in [0.05, 0.1) is 10.9 Å². The van der Waals surface area contributed by atoms with Crippen molar-refractivity contribution in [1.82, 2.24) is 4.57 Å². The molecule has 0 bridgehead atoms. The highest BCUT2D eigenvalue weighted by molar-refractivity contribution is 7.87. The number of benzene rings is 2. The molecule has 1 aromatic heterocycles. The van der Waals surface area contributed by atoms with E-state index in [0.717, 1.165) is 22.9 Å². The summed E-state index contributed by atoms with van der Waals surface area (Å²) in [7, 11) is 0.134. The van der Waals surface area contributed by atoms with Gasteiger partial charge in [0.2, 0.25) is 0 Å². The zero-order chi connectivity index (χ0) is 23.2. The van der Waals surface area contributed by atoms with E-state index in [4.69, 9.17) is 0 Å². The lowest BCUT2D eigenvalue weighted by molar-refractivity contribution is 0.572. The summed E-state index contributed by atoms with van der Waals surface area (Å²) in [6, 6.07) is 11.1. The van der Waals surface area contributed by atoms with Crippen LogP contribution in [0, 0.1) is 32.4 Å². The van der Waals surface area contributed by atoms with Crippen LogP contribution in [0.4, 0.5) is 26.0 Å². The predicted octanol–water partition coefficient (Wildman–Crippen LogP) is 4.96. The molecule has 0 spiro atoms. The first-order chi connectivity index (χ1) is 15.2. The maximum absolute atomic E-state index is 14.1.